The van der Waals surface area contributed by atoms with Crippen molar-refractivity contribution in [1.29, 1.82) is 0 Å². The average Bonchev–Trinajstić information content (AvgIpc) is 2.98. The Kier molecular flexibility index (Phi) is 4.68. The van der Waals surface area contributed by atoms with Gasteiger partial charge >= 0.3 is 5.16 Å². The molecule has 1 amide bonds. The molecule has 7 heteroatoms. The number of carbonyl (C=O) groups is 1. The number of benzene rings is 2. The van der Waals surface area contributed by atoms with E-state index in [1.807, 2.05) is 24.3 Å². The predicted molar refractivity (Wildman–Crippen MR) is 87.7 cm³/mol. The van der Waals surface area contributed by atoms with Gasteiger partial charge in [-0.25, -0.2) is 19.8 Å². The lowest BCUT2D eigenvalue weighted by Gasteiger charge is -1.97. The van der Waals surface area contributed by atoms with E-state index in [0.29, 0.717) is 5.56 Å². The van der Waals surface area contributed by atoms with Crippen LogP contribution in [0.5, 0.6) is 0 Å². The summed E-state index contributed by atoms with van der Waals surface area (Å²) in [5, 5.41) is 4.55. The summed E-state index contributed by atoms with van der Waals surface area (Å²) in [6.07, 6.45) is 1.28. The molecule has 2 aromatic carbocycles. The molecule has 0 atom stereocenters. The third kappa shape index (κ3) is 3.95. The lowest BCUT2D eigenvalue weighted by Crippen LogP contribution is -2.20. The molecule has 5 nitrogen and oxygen atoms in total. The monoisotopic (exact) mass is 329 g/mol. The molecule has 23 heavy (non-hydrogen) atoms. The van der Waals surface area contributed by atoms with Crippen LogP contribution in [-0.4, -0.2) is 22.9 Å². The number of carbonyl (C=O) groups excluding carboxylic acids is 1. The van der Waals surface area contributed by atoms with E-state index in [0.717, 1.165) is 16.2 Å². The van der Waals surface area contributed by atoms with Gasteiger partial charge in [-0.2, -0.15) is 5.10 Å². The molecule has 0 radical (unpaired) electrons. The Labute approximate surface area is 136 Å². The molecule has 0 aliphatic rings. The fraction of sp³-hybridized carbons (Fsp3) is 0.0625. The number of hydrazone groups is 1. The van der Waals surface area contributed by atoms with Gasteiger partial charge in [-0.05, 0) is 30.0 Å². The molecule has 3 N–H and O–H groups in total. The fourth-order valence-corrected chi connectivity index (χ4v) is 2.68. The maximum Gasteiger partial charge on any atom is 0.315 e. The second kappa shape index (κ2) is 7.06. The number of halogens is 1. The predicted octanol–water partition coefficient (Wildman–Crippen LogP) is 2.36. The lowest BCUT2D eigenvalue weighted by atomic mass is 10.2. The van der Waals surface area contributed by atoms with Gasteiger partial charge in [0.05, 0.1) is 12.0 Å². The molecular weight excluding hydrogens is 315 g/mol. The number of para-hydroxylation sites is 2. The van der Waals surface area contributed by atoms with Crippen molar-refractivity contribution in [3.05, 3.63) is 59.9 Å². The molecule has 0 aliphatic heterocycles. The molecule has 0 spiro atoms. The molecule has 1 heterocycles. The van der Waals surface area contributed by atoms with Gasteiger partial charge in [0.1, 0.15) is 5.82 Å². The Bertz CT molecular complexity index is 829. The molecule has 0 unspecified atom stereocenters. The smallest absolute Gasteiger partial charge is 0.272 e. The number of aromatic nitrogens is 2. The fourth-order valence-electron chi connectivity index (χ4n) is 1.97. The number of amides is 1. The van der Waals surface area contributed by atoms with Crippen LogP contribution in [-0.2, 0) is 4.79 Å². The van der Waals surface area contributed by atoms with Gasteiger partial charge in [0.2, 0.25) is 0 Å². The zero-order valence-corrected chi connectivity index (χ0v) is 12.9. The molecule has 0 aliphatic carbocycles. The highest BCUT2D eigenvalue weighted by atomic mass is 32.2. The van der Waals surface area contributed by atoms with Crippen molar-refractivity contribution in [2.75, 3.05) is 5.75 Å². The maximum atomic E-state index is 13.4. The van der Waals surface area contributed by atoms with Crippen molar-refractivity contribution in [3.63, 3.8) is 0 Å². The number of hydrogen-bond acceptors (Lipinski definition) is 3. The Morgan fingerprint density at radius 3 is 2.87 bits per heavy atom. The SMILES string of the molecule is O=C(CSc1[nH]c2ccccc2[nH+]1)NN=Cc1ccccc1F. The van der Waals surface area contributed by atoms with Crippen molar-refractivity contribution in [2.24, 2.45) is 5.10 Å². The first-order valence-electron chi connectivity index (χ1n) is 6.91. The van der Waals surface area contributed by atoms with Gasteiger partial charge in [-0.3, -0.25) is 4.79 Å². The number of hydrogen-bond donors (Lipinski definition) is 2. The van der Waals surface area contributed by atoms with Crippen molar-refractivity contribution < 1.29 is 14.2 Å². The molecule has 0 saturated heterocycles. The minimum Gasteiger partial charge on any atom is -0.272 e. The minimum absolute atomic E-state index is 0.192. The molecule has 3 rings (SSSR count). The summed E-state index contributed by atoms with van der Waals surface area (Å²) in [5.74, 6) is -0.458. The number of aromatic amines is 2. The van der Waals surface area contributed by atoms with Crippen LogP contribution in [0, 0.1) is 5.82 Å². The molecule has 1 aromatic heterocycles. The van der Waals surface area contributed by atoms with Gasteiger partial charge < -0.3 is 0 Å². The summed E-state index contributed by atoms with van der Waals surface area (Å²) in [7, 11) is 0. The number of thioether (sulfide) groups is 1. The standard InChI is InChI=1S/C16H13FN4OS/c17-12-6-2-1-5-11(12)9-18-21-15(22)10-23-16-19-13-7-3-4-8-14(13)20-16/h1-9H,10H2,(H,19,20)(H,21,22)/p+1. The van der Waals surface area contributed by atoms with Gasteiger partial charge in [-0.1, -0.05) is 30.3 Å². The highest BCUT2D eigenvalue weighted by molar-refractivity contribution is 7.99. The second-order valence-corrected chi connectivity index (χ2v) is 5.71. The number of imidazole rings is 1. The Hall–Kier alpha value is -2.67. The zero-order valence-electron chi connectivity index (χ0n) is 12.0. The van der Waals surface area contributed by atoms with Crippen LogP contribution in [0.15, 0.2) is 58.8 Å². The van der Waals surface area contributed by atoms with Gasteiger partial charge in [0.25, 0.3) is 5.91 Å². The van der Waals surface area contributed by atoms with Crippen molar-refractivity contribution in [2.45, 2.75) is 5.16 Å². The summed E-state index contributed by atoms with van der Waals surface area (Å²) in [5.41, 5.74) is 4.66. The molecule has 0 bridgehead atoms. The van der Waals surface area contributed by atoms with Gasteiger partial charge in [0.15, 0.2) is 11.0 Å². The van der Waals surface area contributed by atoms with Gasteiger partial charge in [0, 0.05) is 5.56 Å². The van der Waals surface area contributed by atoms with Crippen molar-refractivity contribution in [3.8, 4) is 0 Å². The Balaban J connectivity index is 1.52. The highest BCUT2D eigenvalue weighted by Gasteiger charge is 2.11. The van der Waals surface area contributed by atoms with E-state index in [9.17, 15) is 9.18 Å². The van der Waals surface area contributed by atoms with E-state index in [-0.39, 0.29) is 17.5 Å². The van der Waals surface area contributed by atoms with E-state index in [1.165, 1.54) is 24.0 Å². The quantitative estimate of drug-likeness (QED) is 0.428. The third-order valence-corrected chi connectivity index (χ3v) is 3.97. The molecule has 116 valence electrons. The molecule has 0 fully saturated rings. The van der Waals surface area contributed by atoms with Crippen LogP contribution in [0.4, 0.5) is 4.39 Å². The van der Waals surface area contributed by atoms with Crippen LogP contribution >= 0.6 is 11.8 Å². The normalized spacial score (nSPS) is 11.2. The lowest BCUT2D eigenvalue weighted by molar-refractivity contribution is -0.396. The van der Waals surface area contributed by atoms with Crippen molar-refractivity contribution >= 4 is 34.9 Å². The molecule has 0 saturated carbocycles. The largest absolute Gasteiger partial charge is 0.315 e. The number of H-pyrrole nitrogens is 2. The first-order chi connectivity index (χ1) is 11.2. The van der Waals surface area contributed by atoms with Gasteiger partial charge in [-0.15, -0.1) is 0 Å². The Morgan fingerprint density at radius 2 is 2.04 bits per heavy atom. The third-order valence-electron chi connectivity index (χ3n) is 3.07. The zero-order chi connectivity index (χ0) is 16.1. The van der Waals surface area contributed by atoms with Crippen LogP contribution in [0.25, 0.3) is 11.0 Å². The number of fused-ring (bicyclic) bond motifs is 1. The summed E-state index contributed by atoms with van der Waals surface area (Å²) < 4.78 is 13.4. The second-order valence-electron chi connectivity index (χ2n) is 4.73. The van der Waals surface area contributed by atoms with E-state index < -0.39 is 0 Å². The summed E-state index contributed by atoms with van der Waals surface area (Å²) in [6.45, 7) is 0. The van der Waals surface area contributed by atoms with Crippen LogP contribution in [0.1, 0.15) is 5.56 Å². The number of nitrogens with zero attached hydrogens (tertiary/aromatic N) is 1. The molecular formula is C16H14FN4OS+. The van der Waals surface area contributed by atoms with Crippen molar-refractivity contribution in [1.82, 2.24) is 10.4 Å². The number of nitrogens with one attached hydrogen (secondary N) is 3. The minimum atomic E-state index is -0.382. The van der Waals surface area contributed by atoms with Crippen LogP contribution in [0.2, 0.25) is 0 Å². The van der Waals surface area contributed by atoms with E-state index >= 15 is 0 Å². The van der Waals surface area contributed by atoms with Crippen LogP contribution in [0.3, 0.4) is 0 Å². The van der Waals surface area contributed by atoms with E-state index in [1.54, 1.807) is 18.2 Å². The summed E-state index contributed by atoms with van der Waals surface area (Å²) in [4.78, 5) is 18.1. The molecule has 3 aromatic rings. The topological polar surface area (TPSA) is 71.4 Å². The first kappa shape index (κ1) is 15.2. The summed E-state index contributed by atoms with van der Waals surface area (Å²) in [6, 6.07) is 14.0. The maximum absolute atomic E-state index is 13.4. The van der Waals surface area contributed by atoms with E-state index in [2.05, 4.69) is 20.5 Å². The Morgan fingerprint density at radius 1 is 1.26 bits per heavy atom. The average molecular weight is 329 g/mol. The van der Waals surface area contributed by atoms with E-state index in [4.69, 9.17) is 0 Å². The first-order valence-corrected chi connectivity index (χ1v) is 7.90. The highest BCUT2D eigenvalue weighted by Crippen LogP contribution is 2.14. The van der Waals surface area contributed by atoms with Crippen LogP contribution < -0.4 is 10.4 Å². The summed E-state index contributed by atoms with van der Waals surface area (Å²) >= 11 is 1.33. The number of rotatable bonds is 5.